The van der Waals surface area contributed by atoms with Gasteiger partial charge in [-0.1, -0.05) is 50.7 Å². The lowest BCUT2D eigenvalue weighted by molar-refractivity contribution is 0.210. The summed E-state index contributed by atoms with van der Waals surface area (Å²) in [6.07, 6.45) is 3.25. The fourth-order valence-electron chi connectivity index (χ4n) is 3.40. The Balaban J connectivity index is 1.50. The van der Waals surface area contributed by atoms with Crippen LogP contribution in [0.1, 0.15) is 50.9 Å². The second-order valence-electron chi connectivity index (χ2n) is 8.70. The topological polar surface area (TPSA) is 74.3 Å². The number of rotatable bonds is 8. The number of aromatic nitrogens is 5. The van der Waals surface area contributed by atoms with Crippen molar-refractivity contribution in [1.29, 1.82) is 0 Å². The normalized spacial score (nSPS) is 12.7. The summed E-state index contributed by atoms with van der Waals surface area (Å²) in [6.45, 7) is 13.0. The summed E-state index contributed by atoms with van der Waals surface area (Å²) in [6, 6.07) is 9.74. The predicted octanol–water partition coefficient (Wildman–Crippen LogP) is 5.26. The molecule has 172 valence electrons. The minimum absolute atomic E-state index is 0.0791. The van der Waals surface area contributed by atoms with Crippen molar-refractivity contribution in [1.82, 2.24) is 24.1 Å². The van der Waals surface area contributed by atoms with Crippen LogP contribution in [0.25, 0.3) is 4.96 Å². The lowest BCUT2D eigenvalue weighted by Gasteiger charge is -2.20. The number of hydrogen-bond donors (Lipinski definition) is 0. The molecular weight excluding hydrogens is 454 g/mol. The molecule has 0 bridgehead atoms. The molecule has 1 atom stereocenters. The molecule has 0 aliphatic carbocycles. The molecule has 7 nitrogen and oxygen atoms in total. The number of allylic oxidation sites excluding steroid dienone is 1. The molecule has 4 aromatic rings. The van der Waals surface area contributed by atoms with E-state index in [0.717, 1.165) is 16.7 Å². The van der Waals surface area contributed by atoms with E-state index in [1.165, 1.54) is 28.7 Å². The van der Waals surface area contributed by atoms with Crippen molar-refractivity contribution in [2.24, 2.45) is 0 Å². The molecule has 0 saturated heterocycles. The molecule has 0 amide bonds. The number of nitrogens with zero attached hydrogens (tertiary/aromatic N) is 5. The van der Waals surface area contributed by atoms with Crippen molar-refractivity contribution < 1.29 is 4.74 Å². The van der Waals surface area contributed by atoms with Crippen LogP contribution in [-0.4, -0.2) is 24.1 Å². The summed E-state index contributed by atoms with van der Waals surface area (Å²) in [5, 5.41) is 11.4. The van der Waals surface area contributed by atoms with Crippen molar-refractivity contribution in [2.75, 3.05) is 0 Å². The van der Waals surface area contributed by atoms with E-state index in [1.54, 1.807) is 16.7 Å². The molecule has 1 unspecified atom stereocenters. The molecule has 33 heavy (non-hydrogen) atoms. The van der Waals surface area contributed by atoms with E-state index in [4.69, 9.17) is 4.74 Å². The van der Waals surface area contributed by atoms with Crippen LogP contribution in [0.5, 0.6) is 5.75 Å². The van der Waals surface area contributed by atoms with Gasteiger partial charge in [0, 0.05) is 29.9 Å². The summed E-state index contributed by atoms with van der Waals surface area (Å²) in [5.41, 5.74) is 1.98. The molecule has 0 aliphatic rings. The highest BCUT2D eigenvalue weighted by atomic mass is 32.2. The van der Waals surface area contributed by atoms with E-state index in [-0.39, 0.29) is 17.1 Å². The zero-order valence-corrected chi connectivity index (χ0v) is 20.8. The number of thioether (sulfide) groups is 1. The van der Waals surface area contributed by atoms with Crippen LogP contribution in [0, 0.1) is 0 Å². The molecule has 0 saturated carbocycles. The van der Waals surface area contributed by atoms with E-state index in [1.807, 2.05) is 35.1 Å². The smallest absolute Gasteiger partial charge is 0.258 e. The number of thiazole rings is 1. The summed E-state index contributed by atoms with van der Waals surface area (Å²) >= 11 is 2.93. The van der Waals surface area contributed by atoms with Gasteiger partial charge in [-0.2, -0.15) is 0 Å². The standard InChI is InChI=1S/C24H27N5O2S2/c1-6-11-29-21(16(2)31-19-9-7-17(8-10-19)24(3,4)5)26-27-23(29)33-15-18-14-20(30)28-12-13-32-22(28)25-18/h6-10,12-14,16H,1,11,15H2,2-5H3. The first-order valence-electron chi connectivity index (χ1n) is 10.7. The van der Waals surface area contributed by atoms with Gasteiger partial charge in [-0.25, -0.2) is 4.98 Å². The van der Waals surface area contributed by atoms with Gasteiger partial charge in [0.1, 0.15) is 5.75 Å². The Labute approximate surface area is 201 Å². The van der Waals surface area contributed by atoms with Gasteiger partial charge in [-0.3, -0.25) is 13.8 Å². The van der Waals surface area contributed by atoms with Crippen molar-refractivity contribution in [3.8, 4) is 5.75 Å². The Hall–Kier alpha value is -2.91. The van der Waals surface area contributed by atoms with E-state index < -0.39 is 0 Å². The van der Waals surface area contributed by atoms with Gasteiger partial charge in [0.05, 0.1) is 5.69 Å². The maximum absolute atomic E-state index is 12.2. The molecule has 1 aromatic carbocycles. The molecule has 3 heterocycles. The average Bonchev–Trinajstić information content (AvgIpc) is 3.40. The molecule has 0 radical (unpaired) electrons. The van der Waals surface area contributed by atoms with Crippen LogP contribution < -0.4 is 10.3 Å². The Bertz CT molecular complexity index is 1320. The quantitative estimate of drug-likeness (QED) is 0.252. The minimum Gasteiger partial charge on any atom is -0.483 e. The van der Waals surface area contributed by atoms with Gasteiger partial charge < -0.3 is 4.74 Å². The van der Waals surface area contributed by atoms with Crippen LogP contribution in [0.2, 0.25) is 0 Å². The number of benzene rings is 1. The van der Waals surface area contributed by atoms with Crippen LogP contribution >= 0.6 is 23.1 Å². The van der Waals surface area contributed by atoms with Crippen LogP contribution in [-0.2, 0) is 17.7 Å². The number of fused-ring (bicyclic) bond motifs is 1. The van der Waals surface area contributed by atoms with Crippen molar-refractivity contribution in [3.63, 3.8) is 0 Å². The third kappa shape index (κ3) is 5.20. The van der Waals surface area contributed by atoms with Gasteiger partial charge in [-0.05, 0) is 30.0 Å². The van der Waals surface area contributed by atoms with Gasteiger partial charge in [0.25, 0.3) is 5.56 Å². The summed E-state index contributed by atoms with van der Waals surface area (Å²) < 4.78 is 9.70. The second-order valence-corrected chi connectivity index (χ2v) is 10.5. The SMILES string of the molecule is C=CCn1c(SCc2cc(=O)n3ccsc3n2)nnc1C(C)Oc1ccc(C(C)(C)C)cc1. The maximum Gasteiger partial charge on any atom is 0.258 e. The first-order chi connectivity index (χ1) is 15.8. The van der Waals surface area contributed by atoms with E-state index in [2.05, 4.69) is 54.7 Å². The molecule has 9 heteroatoms. The molecule has 0 N–H and O–H groups in total. The minimum atomic E-state index is -0.294. The first-order valence-corrected chi connectivity index (χ1v) is 12.5. The average molecular weight is 482 g/mol. The van der Waals surface area contributed by atoms with Crippen LogP contribution in [0.15, 0.2) is 64.5 Å². The van der Waals surface area contributed by atoms with E-state index in [9.17, 15) is 4.79 Å². The Morgan fingerprint density at radius 1 is 1.24 bits per heavy atom. The largest absolute Gasteiger partial charge is 0.483 e. The first kappa shape index (κ1) is 23.3. The van der Waals surface area contributed by atoms with E-state index >= 15 is 0 Å². The molecule has 4 rings (SSSR count). The maximum atomic E-state index is 12.2. The number of ether oxygens (including phenoxy) is 1. The zero-order valence-electron chi connectivity index (χ0n) is 19.2. The highest BCUT2D eigenvalue weighted by Gasteiger charge is 2.20. The summed E-state index contributed by atoms with van der Waals surface area (Å²) in [5.74, 6) is 2.02. The molecule has 0 aliphatic heterocycles. The van der Waals surface area contributed by atoms with Crippen LogP contribution in [0.4, 0.5) is 0 Å². The van der Waals surface area contributed by atoms with Gasteiger partial charge in [0.2, 0.25) is 0 Å². The highest BCUT2D eigenvalue weighted by Crippen LogP contribution is 2.28. The van der Waals surface area contributed by atoms with Crippen molar-refractivity contribution >= 4 is 28.1 Å². The van der Waals surface area contributed by atoms with Gasteiger partial charge in [-0.15, -0.1) is 28.1 Å². The highest BCUT2D eigenvalue weighted by molar-refractivity contribution is 7.98. The lowest BCUT2D eigenvalue weighted by Crippen LogP contribution is -2.13. The predicted molar refractivity (Wildman–Crippen MR) is 133 cm³/mol. The van der Waals surface area contributed by atoms with Crippen LogP contribution in [0.3, 0.4) is 0 Å². The molecule has 3 aromatic heterocycles. The van der Waals surface area contributed by atoms with Crippen molar-refractivity contribution in [3.05, 3.63) is 82.0 Å². The van der Waals surface area contributed by atoms with Gasteiger partial charge >= 0.3 is 0 Å². The van der Waals surface area contributed by atoms with Crippen molar-refractivity contribution in [2.45, 2.75) is 56.7 Å². The molecule has 0 fully saturated rings. The monoisotopic (exact) mass is 481 g/mol. The third-order valence-electron chi connectivity index (χ3n) is 5.16. The summed E-state index contributed by atoms with van der Waals surface area (Å²) in [7, 11) is 0. The van der Waals surface area contributed by atoms with Gasteiger partial charge in [0.15, 0.2) is 22.0 Å². The Kier molecular flexibility index (Phi) is 6.71. The zero-order chi connectivity index (χ0) is 23.6. The summed E-state index contributed by atoms with van der Waals surface area (Å²) in [4.78, 5) is 17.5. The lowest BCUT2D eigenvalue weighted by atomic mass is 9.87. The Morgan fingerprint density at radius 2 is 2.00 bits per heavy atom. The number of hydrogen-bond acceptors (Lipinski definition) is 7. The second kappa shape index (κ2) is 9.52. The third-order valence-corrected chi connectivity index (χ3v) is 6.92. The molecular formula is C24H27N5O2S2. The Morgan fingerprint density at radius 3 is 2.70 bits per heavy atom. The van der Waals surface area contributed by atoms with E-state index in [0.29, 0.717) is 23.0 Å². The fraction of sp³-hybridized carbons (Fsp3) is 0.333. The molecule has 0 spiro atoms. The fourth-order valence-corrected chi connectivity index (χ4v) is 4.98.